The fourth-order valence-corrected chi connectivity index (χ4v) is 4.20. The number of hydrogen-bond donors (Lipinski definition) is 1. The Kier molecular flexibility index (Phi) is 6.49. The molecule has 0 spiro atoms. The maximum Gasteiger partial charge on any atom is 0.223 e. The molecular weight excluding hydrogens is 314 g/mol. The zero-order chi connectivity index (χ0) is 17.6. The van der Waals surface area contributed by atoms with E-state index in [0.29, 0.717) is 19.1 Å². The van der Waals surface area contributed by atoms with Crippen LogP contribution in [-0.4, -0.2) is 32.3 Å². The molecule has 0 radical (unpaired) electrons. The first kappa shape index (κ1) is 18.4. The molecule has 1 saturated carbocycles. The second-order valence-corrected chi connectivity index (χ2v) is 7.54. The summed E-state index contributed by atoms with van der Waals surface area (Å²) in [6.07, 6.45) is 6.33. The van der Waals surface area contributed by atoms with Crippen LogP contribution in [-0.2, 0) is 20.7 Å². The summed E-state index contributed by atoms with van der Waals surface area (Å²) in [5.41, 5.74) is 2.70. The molecule has 138 valence electrons. The Hall–Kier alpha value is -1.39. The SMILES string of the molecule is COCCOC1CCC(C(=O)N[C@@H]2c3ccccc3CC[C@@H]2C)CC1. The Morgan fingerprint density at radius 3 is 2.64 bits per heavy atom. The van der Waals surface area contributed by atoms with Crippen LogP contribution < -0.4 is 5.32 Å². The van der Waals surface area contributed by atoms with Crippen LogP contribution in [0.15, 0.2) is 24.3 Å². The molecule has 0 heterocycles. The zero-order valence-corrected chi connectivity index (χ0v) is 15.5. The summed E-state index contributed by atoms with van der Waals surface area (Å²) in [5.74, 6) is 0.847. The smallest absolute Gasteiger partial charge is 0.223 e. The third-order valence-corrected chi connectivity index (χ3v) is 5.81. The zero-order valence-electron chi connectivity index (χ0n) is 15.5. The van der Waals surface area contributed by atoms with Gasteiger partial charge < -0.3 is 14.8 Å². The summed E-state index contributed by atoms with van der Waals surface area (Å²) in [5, 5.41) is 3.36. The highest BCUT2D eigenvalue weighted by Gasteiger charge is 2.32. The van der Waals surface area contributed by atoms with Crippen LogP contribution in [0.3, 0.4) is 0 Å². The van der Waals surface area contributed by atoms with E-state index in [4.69, 9.17) is 9.47 Å². The van der Waals surface area contributed by atoms with Crippen molar-refractivity contribution in [2.75, 3.05) is 20.3 Å². The molecule has 3 rings (SSSR count). The van der Waals surface area contributed by atoms with Gasteiger partial charge in [-0.3, -0.25) is 4.79 Å². The lowest BCUT2D eigenvalue weighted by Crippen LogP contribution is -2.40. The van der Waals surface area contributed by atoms with Gasteiger partial charge in [0.15, 0.2) is 0 Å². The second kappa shape index (κ2) is 8.81. The molecule has 0 aromatic heterocycles. The first-order valence-corrected chi connectivity index (χ1v) is 9.67. The number of aryl methyl sites for hydroxylation is 1. The van der Waals surface area contributed by atoms with Gasteiger partial charge in [0.25, 0.3) is 0 Å². The van der Waals surface area contributed by atoms with E-state index in [9.17, 15) is 4.79 Å². The van der Waals surface area contributed by atoms with Gasteiger partial charge in [0, 0.05) is 13.0 Å². The number of benzene rings is 1. The molecule has 4 nitrogen and oxygen atoms in total. The standard InChI is InChI=1S/C21H31NO3/c1-15-7-8-16-5-3-4-6-19(16)20(15)22-21(23)17-9-11-18(12-10-17)25-14-13-24-2/h3-6,15,17-18,20H,7-14H2,1-2H3,(H,22,23)/t15-,17?,18?,20-/m0/s1. The molecule has 1 fully saturated rings. The fraction of sp³-hybridized carbons (Fsp3) is 0.667. The summed E-state index contributed by atoms with van der Waals surface area (Å²) in [7, 11) is 1.69. The van der Waals surface area contributed by atoms with E-state index < -0.39 is 0 Å². The minimum Gasteiger partial charge on any atom is -0.382 e. The number of hydrogen-bond acceptors (Lipinski definition) is 3. The third-order valence-electron chi connectivity index (χ3n) is 5.81. The van der Waals surface area contributed by atoms with E-state index in [1.807, 2.05) is 0 Å². The molecule has 1 amide bonds. The summed E-state index contributed by atoms with van der Waals surface area (Å²) in [4.78, 5) is 12.8. The number of carbonyl (C=O) groups is 1. The highest BCUT2D eigenvalue weighted by Crippen LogP contribution is 2.35. The predicted octanol–water partition coefficient (Wildman–Crippen LogP) is 3.65. The molecule has 1 aromatic rings. The van der Waals surface area contributed by atoms with Gasteiger partial charge in [0.2, 0.25) is 5.91 Å². The lowest BCUT2D eigenvalue weighted by atomic mass is 9.80. The van der Waals surface area contributed by atoms with E-state index in [-0.39, 0.29) is 24.0 Å². The van der Waals surface area contributed by atoms with Crippen molar-refractivity contribution in [1.29, 1.82) is 0 Å². The maximum atomic E-state index is 12.8. The van der Waals surface area contributed by atoms with Crippen LogP contribution in [0.2, 0.25) is 0 Å². The summed E-state index contributed by atoms with van der Waals surface area (Å²) in [6, 6.07) is 8.71. The van der Waals surface area contributed by atoms with E-state index in [2.05, 4.69) is 36.5 Å². The third kappa shape index (κ3) is 4.62. The number of fused-ring (bicyclic) bond motifs is 1. The summed E-state index contributed by atoms with van der Waals surface area (Å²) >= 11 is 0. The van der Waals surface area contributed by atoms with Gasteiger partial charge in [-0.15, -0.1) is 0 Å². The molecule has 0 unspecified atom stereocenters. The number of carbonyl (C=O) groups excluding carboxylic acids is 1. The number of ether oxygens (including phenoxy) is 2. The van der Waals surface area contributed by atoms with Crippen LogP contribution in [0.1, 0.15) is 56.2 Å². The fourth-order valence-electron chi connectivity index (χ4n) is 4.20. The van der Waals surface area contributed by atoms with Crippen molar-refractivity contribution in [3.63, 3.8) is 0 Å². The van der Waals surface area contributed by atoms with Gasteiger partial charge in [-0.25, -0.2) is 0 Å². The van der Waals surface area contributed by atoms with Crippen molar-refractivity contribution in [3.8, 4) is 0 Å². The van der Waals surface area contributed by atoms with Crippen LogP contribution in [0.4, 0.5) is 0 Å². The van der Waals surface area contributed by atoms with E-state index in [1.165, 1.54) is 11.1 Å². The van der Waals surface area contributed by atoms with Crippen molar-refractivity contribution in [1.82, 2.24) is 5.32 Å². The van der Waals surface area contributed by atoms with Crippen molar-refractivity contribution < 1.29 is 14.3 Å². The highest BCUT2D eigenvalue weighted by atomic mass is 16.5. The minimum absolute atomic E-state index is 0.128. The lowest BCUT2D eigenvalue weighted by molar-refractivity contribution is -0.128. The average molecular weight is 345 g/mol. The largest absolute Gasteiger partial charge is 0.382 e. The van der Waals surface area contributed by atoms with Gasteiger partial charge in [-0.2, -0.15) is 0 Å². The molecule has 0 bridgehead atoms. The van der Waals surface area contributed by atoms with Gasteiger partial charge >= 0.3 is 0 Å². The number of methoxy groups -OCH3 is 1. The van der Waals surface area contributed by atoms with Crippen molar-refractivity contribution >= 4 is 5.91 Å². The highest BCUT2D eigenvalue weighted by molar-refractivity contribution is 5.79. The number of amides is 1. The molecule has 1 N–H and O–H groups in total. The maximum absolute atomic E-state index is 12.8. The minimum atomic E-state index is 0.128. The topological polar surface area (TPSA) is 47.6 Å². The van der Waals surface area contributed by atoms with E-state index in [1.54, 1.807) is 7.11 Å². The summed E-state index contributed by atoms with van der Waals surface area (Å²) < 4.78 is 10.8. The van der Waals surface area contributed by atoms with E-state index >= 15 is 0 Å². The lowest BCUT2D eigenvalue weighted by Gasteiger charge is -2.34. The normalized spacial score (nSPS) is 29.0. The number of rotatable bonds is 6. The first-order valence-electron chi connectivity index (χ1n) is 9.67. The Morgan fingerprint density at radius 2 is 1.88 bits per heavy atom. The van der Waals surface area contributed by atoms with Crippen LogP contribution >= 0.6 is 0 Å². The van der Waals surface area contributed by atoms with Crippen LogP contribution in [0.5, 0.6) is 0 Å². The van der Waals surface area contributed by atoms with Crippen molar-refractivity contribution in [2.24, 2.45) is 11.8 Å². The molecule has 0 aliphatic heterocycles. The van der Waals surface area contributed by atoms with Gasteiger partial charge in [0.05, 0.1) is 25.4 Å². The number of nitrogens with one attached hydrogen (secondary N) is 1. The monoisotopic (exact) mass is 345 g/mol. The molecule has 25 heavy (non-hydrogen) atoms. The Morgan fingerprint density at radius 1 is 1.12 bits per heavy atom. The Balaban J connectivity index is 1.53. The molecule has 1 aromatic carbocycles. The quantitative estimate of drug-likeness (QED) is 0.801. The molecule has 2 atom stereocenters. The Labute approximate surface area is 151 Å². The predicted molar refractivity (Wildman–Crippen MR) is 98.4 cm³/mol. The molecule has 4 heteroatoms. The van der Waals surface area contributed by atoms with Crippen molar-refractivity contribution in [3.05, 3.63) is 35.4 Å². The van der Waals surface area contributed by atoms with Gasteiger partial charge in [-0.05, 0) is 55.6 Å². The Bertz CT molecular complexity index is 566. The van der Waals surface area contributed by atoms with Crippen molar-refractivity contribution in [2.45, 2.75) is 57.6 Å². The molecule has 2 aliphatic carbocycles. The van der Waals surface area contributed by atoms with Crippen LogP contribution in [0, 0.1) is 11.8 Å². The molecule has 2 aliphatic rings. The molecule has 0 saturated heterocycles. The van der Waals surface area contributed by atoms with Gasteiger partial charge in [0.1, 0.15) is 0 Å². The molecular formula is C21H31NO3. The second-order valence-electron chi connectivity index (χ2n) is 7.54. The first-order chi connectivity index (χ1) is 12.2. The average Bonchev–Trinajstić information content (AvgIpc) is 2.65. The van der Waals surface area contributed by atoms with Crippen LogP contribution in [0.25, 0.3) is 0 Å². The summed E-state index contributed by atoms with van der Waals surface area (Å²) in [6.45, 7) is 3.54. The van der Waals surface area contributed by atoms with Gasteiger partial charge in [-0.1, -0.05) is 31.2 Å². The van der Waals surface area contributed by atoms with E-state index in [0.717, 1.165) is 38.5 Å².